The van der Waals surface area contributed by atoms with Crippen molar-refractivity contribution >= 4 is 23.2 Å². The molecule has 0 aliphatic heterocycles. The highest BCUT2D eigenvalue weighted by atomic mass is 32.1. The van der Waals surface area contributed by atoms with Crippen LogP contribution in [0.1, 0.15) is 33.5 Å². The molecule has 2 aromatic heterocycles. The minimum atomic E-state index is -0.543. The van der Waals surface area contributed by atoms with E-state index in [1.165, 1.54) is 23.5 Å². The Morgan fingerprint density at radius 1 is 1.25 bits per heavy atom. The van der Waals surface area contributed by atoms with Gasteiger partial charge < -0.3 is 14.6 Å². The minimum Gasteiger partial charge on any atom is -0.455 e. The monoisotopic (exact) mass is 402 g/mol. The third-order valence-corrected chi connectivity index (χ3v) is 5.14. The maximum atomic E-state index is 13.2. The van der Waals surface area contributed by atoms with Crippen molar-refractivity contribution in [3.05, 3.63) is 75.1 Å². The van der Waals surface area contributed by atoms with Crippen LogP contribution in [-0.4, -0.2) is 23.6 Å². The summed E-state index contributed by atoms with van der Waals surface area (Å²) in [5.41, 5.74) is 2.01. The fourth-order valence-corrected chi connectivity index (χ4v) is 3.53. The van der Waals surface area contributed by atoms with Gasteiger partial charge in [-0.2, -0.15) is 0 Å². The molecule has 1 N–H and O–H groups in total. The van der Waals surface area contributed by atoms with Gasteiger partial charge in [0.15, 0.2) is 6.61 Å². The molecular formula is C20H19FN2O4S. The lowest BCUT2D eigenvalue weighted by Crippen LogP contribution is -2.33. The number of hydrogen-bond donors (Lipinski definition) is 1. The Labute approximate surface area is 165 Å². The molecule has 3 aromatic rings. The van der Waals surface area contributed by atoms with Gasteiger partial charge in [-0.1, -0.05) is 23.4 Å². The Kier molecular flexibility index (Phi) is 6.20. The number of amides is 1. The van der Waals surface area contributed by atoms with E-state index in [9.17, 15) is 14.0 Å². The van der Waals surface area contributed by atoms with E-state index in [2.05, 4.69) is 10.5 Å². The van der Waals surface area contributed by atoms with Crippen molar-refractivity contribution in [1.82, 2.24) is 10.5 Å². The molecule has 3 rings (SSSR count). The zero-order valence-electron chi connectivity index (χ0n) is 15.4. The quantitative estimate of drug-likeness (QED) is 0.612. The zero-order chi connectivity index (χ0) is 20.1. The second-order valence-corrected chi connectivity index (χ2v) is 7.19. The van der Waals surface area contributed by atoms with Crippen LogP contribution < -0.4 is 5.32 Å². The first-order valence-corrected chi connectivity index (χ1v) is 9.47. The summed E-state index contributed by atoms with van der Waals surface area (Å²) in [4.78, 5) is 25.3. The van der Waals surface area contributed by atoms with Gasteiger partial charge in [0.25, 0.3) is 5.91 Å². The fraction of sp³-hybridized carbons (Fsp3) is 0.250. The van der Waals surface area contributed by atoms with Gasteiger partial charge in [0.05, 0.1) is 18.2 Å². The molecule has 6 nitrogen and oxygen atoms in total. The minimum absolute atomic E-state index is 0.0131. The van der Waals surface area contributed by atoms with Gasteiger partial charge in [-0.05, 0) is 43.0 Å². The number of nitrogens with zero attached hydrogens (tertiary/aromatic N) is 1. The van der Waals surface area contributed by atoms with Gasteiger partial charge >= 0.3 is 5.97 Å². The van der Waals surface area contributed by atoms with Crippen molar-refractivity contribution < 1.29 is 23.2 Å². The van der Waals surface area contributed by atoms with Crippen LogP contribution in [0.4, 0.5) is 4.39 Å². The van der Waals surface area contributed by atoms with E-state index in [1.807, 2.05) is 17.5 Å². The van der Waals surface area contributed by atoms with Crippen LogP contribution in [0.5, 0.6) is 0 Å². The summed E-state index contributed by atoms with van der Waals surface area (Å²) in [5, 5.41) is 8.51. The molecule has 0 spiro atoms. The lowest BCUT2D eigenvalue weighted by molar-refractivity contribution is -0.148. The number of aryl methyl sites for hydroxylation is 2. The largest absolute Gasteiger partial charge is 0.455 e. The molecular weight excluding hydrogens is 383 g/mol. The third kappa shape index (κ3) is 4.83. The van der Waals surface area contributed by atoms with E-state index < -0.39 is 24.5 Å². The molecule has 1 aromatic carbocycles. The average molecular weight is 402 g/mol. The number of carbonyl (C=O) groups is 2. The Hall–Kier alpha value is -3.00. The first-order valence-electron chi connectivity index (χ1n) is 8.59. The third-order valence-electron chi connectivity index (χ3n) is 4.20. The molecule has 8 heteroatoms. The molecule has 1 amide bonds. The summed E-state index contributed by atoms with van der Waals surface area (Å²) in [6, 6.07) is 9.20. The maximum absolute atomic E-state index is 13.2. The van der Waals surface area contributed by atoms with Crippen molar-refractivity contribution in [2.24, 2.45) is 0 Å². The predicted molar refractivity (Wildman–Crippen MR) is 101 cm³/mol. The number of esters is 1. The second-order valence-electron chi connectivity index (χ2n) is 6.21. The molecule has 1 unspecified atom stereocenters. The van der Waals surface area contributed by atoms with Gasteiger partial charge in [-0.3, -0.25) is 9.59 Å². The molecule has 0 saturated heterocycles. The highest BCUT2D eigenvalue weighted by molar-refractivity contribution is 7.10. The zero-order valence-corrected chi connectivity index (χ0v) is 16.2. The number of thiophene rings is 1. The average Bonchev–Trinajstić information content (AvgIpc) is 3.31. The van der Waals surface area contributed by atoms with Crippen LogP contribution >= 0.6 is 11.3 Å². The van der Waals surface area contributed by atoms with Crippen LogP contribution in [0.2, 0.25) is 0 Å². The van der Waals surface area contributed by atoms with E-state index in [0.29, 0.717) is 17.0 Å². The van der Waals surface area contributed by atoms with Crippen LogP contribution in [0.25, 0.3) is 0 Å². The van der Waals surface area contributed by atoms with Crippen molar-refractivity contribution in [3.8, 4) is 0 Å². The van der Waals surface area contributed by atoms with Gasteiger partial charge in [-0.25, -0.2) is 4.39 Å². The van der Waals surface area contributed by atoms with Gasteiger partial charge in [0.1, 0.15) is 11.6 Å². The number of benzene rings is 1. The predicted octanol–water partition coefficient (Wildman–Crippen LogP) is 3.48. The molecule has 0 saturated carbocycles. The van der Waals surface area contributed by atoms with E-state index in [0.717, 1.165) is 10.4 Å². The number of aromatic nitrogens is 1. The van der Waals surface area contributed by atoms with Crippen molar-refractivity contribution in [1.29, 1.82) is 0 Å². The number of halogens is 1. The van der Waals surface area contributed by atoms with Crippen molar-refractivity contribution in [3.63, 3.8) is 0 Å². The summed E-state index contributed by atoms with van der Waals surface area (Å²) in [7, 11) is 0. The Balaban J connectivity index is 1.61. The number of rotatable bonds is 7. The molecule has 0 fully saturated rings. The fourth-order valence-electron chi connectivity index (χ4n) is 2.73. The highest BCUT2D eigenvalue weighted by Gasteiger charge is 2.20. The molecule has 146 valence electrons. The Morgan fingerprint density at radius 3 is 2.61 bits per heavy atom. The Morgan fingerprint density at radius 2 is 2.00 bits per heavy atom. The van der Waals surface area contributed by atoms with E-state index >= 15 is 0 Å². The number of ether oxygens (including phenoxy) is 1. The van der Waals surface area contributed by atoms with Crippen LogP contribution in [0.3, 0.4) is 0 Å². The van der Waals surface area contributed by atoms with Crippen molar-refractivity contribution in [2.75, 3.05) is 6.61 Å². The first kappa shape index (κ1) is 19.8. The molecule has 0 radical (unpaired) electrons. The van der Waals surface area contributed by atoms with E-state index in [1.54, 1.807) is 26.0 Å². The van der Waals surface area contributed by atoms with Gasteiger partial charge in [0.2, 0.25) is 0 Å². The molecule has 2 heterocycles. The lowest BCUT2D eigenvalue weighted by atomic mass is 10.1. The number of carbonyl (C=O) groups excluding carboxylic acids is 2. The van der Waals surface area contributed by atoms with Crippen molar-refractivity contribution in [2.45, 2.75) is 26.3 Å². The SMILES string of the molecule is Cc1noc(C)c1CC(=O)OCC(=O)NC(c1ccc(F)cc1)c1cccs1. The Bertz CT molecular complexity index is 932. The van der Waals surface area contributed by atoms with Crippen LogP contribution in [0.15, 0.2) is 46.3 Å². The highest BCUT2D eigenvalue weighted by Crippen LogP contribution is 2.26. The summed E-state index contributed by atoms with van der Waals surface area (Å²) in [6.07, 6.45) is -0.0131. The molecule has 1 atom stereocenters. The summed E-state index contributed by atoms with van der Waals surface area (Å²) < 4.78 is 23.3. The second kappa shape index (κ2) is 8.79. The molecule has 28 heavy (non-hydrogen) atoms. The summed E-state index contributed by atoms with van der Waals surface area (Å²) >= 11 is 1.47. The molecule has 0 bridgehead atoms. The summed E-state index contributed by atoms with van der Waals surface area (Å²) in [5.74, 6) is -0.796. The van der Waals surface area contributed by atoms with Crippen LogP contribution in [-0.2, 0) is 20.7 Å². The standard InChI is InChI=1S/C20H19FN2O4S/c1-12-16(13(2)27-23-12)10-19(25)26-11-18(24)22-20(17-4-3-9-28-17)14-5-7-15(21)8-6-14/h3-9,20H,10-11H2,1-2H3,(H,22,24). The lowest BCUT2D eigenvalue weighted by Gasteiger charge is -2.18. The number of nitrogens with one attached hydrogen (secondary N) is 1. The van der Waals surface area contributed by atoms with E-state index in [-0.39, 0.29) is 12.2 Å². The maximum Gasteiger partial charge on any atom is 0.310 e. The summed E-state index contributed by atoms with van der Waals surface area (Å²) in [6.45, 7) is 3.04. The molecule has 0 aliphatic carbocycles. The smallest absolute Gasteiger partial charge is 0.310 e. The molecule has 0 aliphatic rings. The topological polar surface area (TPSA) is 81.4 Å². The normalized spacial score (nSPS) is 11.8. The van der Waals surface area contributed by atoms with Gasteiger partial charge in [-0.15, -0.1) is 11.3 Å². The van der Waals surface area contributed by atoms with Gasteiger partial charge in [0, 0.05) is 10.4 Å². The van der Waals surface area contributed by atoms with Crippen LogP contribution in [0, 0.1) is 19.7 Å². The number of hydrogen-bond acceptors (Lipinski definition) is 6. The first-order chi connectivity index (χ1) is 13.4. The van der Waals surface area contributed by atoms with E-state index in [4.69, 9.17) is 9.26 Å².